The number of aryl methyl sites for hydroxylation is 1. The van der Waals surface area contributed by atoms with Gasteiger partial charge in [0, 0.05) is 122 Å². The third-order valence-electron chi connectivity index (χ3n) is 20.7. The lowest BCUT2D eigenvalue weighted by Gasteiger charge is -2.48. The molecule has 6 aliphatic rings. The van der Waals surface area contributed by atoms with E-state index >= 15 is 8.78 Å². The number of aromatic nitrogens is 3. The summed E-state index contributed by atoms with van der Waals surface area (Å²) in [6.07, 6.45) is 3.67. The number of amides is 6. The number of β-amino-alcohol motifs (C(OH)–C–C–N with tert-alkyl or cyclic N) is 1. The fourth-order valence-corrected chi connectivity index (χ4v) is 15.6. The number of likely N-dealkylation sites (tertiary alicyclic amines) is 4. The second kappa shape index (κ2) is 31.8. The number of thiazole rings is 1. The highest BCUT2D eigenvalue weighted by Gasteiger charge is 2.46. The van der Waals surface area contributed by atoms with Crippen molar-refractivity contribution in [2.45, 2.75) is 143 Å². The molecule has 7 N–H and O–H groups in total. The lowest BCUT2D eigenvalue weighted by atomic mass is 9.82. The molecule has 0 bridgehead atoms. The smallest absolute Gasteiger partial charge is 0.246 e. The van der Waals surface area contributed by atoms with Crippen LogP contribution in [-0.2, 0) is 53.1 Å². The minimum atomic E-state index is -1.02. The number of carbonyl (C=O) groups is 6. The summed E-state index contributed by atoms with van der Waals surface area (Å²) in [5, 5.41) is 29.1. The van der Waals surface area contributed by atoms with E-state index in [1.807, 2.05) is 88.7 Å². The maximum atomic E-state index is 15.8. The van der Waals surface area contributed by atoms with Crippen molar-refractivity contribution in [3.8, 4) is 10.4 Å². The third kappa shape index (κ3) is 19.0. The Hall–Kier alpha value is -7.75. The van der Waals surface area contributed by atoms with Crippen molar-refractivity contribution in [1.29, 1.82) is 0 Å². The molecule has 6 amide bonds. The van der Waals surface area contributed by atoms with Gasteiger partial charge < -0.3 is 61.3 Å². The maximum absolute atomic E-state index is 15.8. The number of ether oxygens (including phenoxy) is 1. The van der Waals surface area contributed by atoms with Gasteiger partial charge >= 0.3 is 0 Å². The summed E-state index contributed by atoms with van der Waals surface area (Å²) >= 11 is 1.56. The van der Waals surface area contributed by atoms with Gasteiger partial charge in [-0.3, -0.25) is 38.6 Å². The predicted octanol–water partition coefficient (Wildman–Crippen LogP) is 6.16. The Balaban J connectivity index is 0.536. The first-order valence-electron chi connectivity index (χ1n) is 35.1. The number of nitrogens with one attached hydrogen (secondary N) is 6. The first kappa shape index (κ1) is 72.5. The average Bonchev–Trinajstić information content (AvgIpc) is 1.75. The number of hydrogen-bond donors (Lipinski definition) is 7. The summed E-state index contributed by atoms with van der Waals surface area (Å²) in [6.45, 7) is 23.9. The second-order valence-electron chi connectivity index (χ2n) is 30.0. The van der Waals surface area contributed by atoms with Crippen LogP contribution in [0.1, 0.15) is 120 Å². The van der Waals surface area contributed by atoms with Gasteiger partial charge in [0.2, 0.25) is 35.4 Å². The Morgan fingerprint density at radius 1 is 0.778 bits per heavy atom. The number of fused-ring (bicyclic) bond motifs is 1. The van der Waals surface area contributed by atoms with Gasteiger partial charge in [-0.15, -0.1) is 11.3 Å². The minimum absolute atomic E-state index is 0.0215. The molecule has 23 nitrogen and oxygen atoms in total. The van der Waals surface area contributed by atoms with Gasteiger partial charge in [0.25, 0.3) is 0 Å². The molecule has 534 valence electrons. The molecule has 1 spiro atoms. The van der Waals surface area contributed by atoms with Gasteiger partial charge in [-0.1, -0.05) is 83.1 Å². The number of anilines is 3. The van der Waals surface area contributed by atoms with Crippen LogP contribution in [0.2, 0.25) is 0 Å². The minimum Gasteiger partial charge on any atom is -0.391 e. The van der Waals surface area contributed by atoms with Gasteiger partial charge in [0.1, 0.15) is 41.7 Å². The zero-order valence-corrected chi connectivity index (χ0v) is 59.2. The van der Waals surface area contributed by atoms with Crippen molar-refractivity contribution < 1.29 is 47.4 Å². The molecule has 5 aromatic rings. The SMILES string of the molecule is Cc1ncsc1-c1ccc([C@H](C)NC(=O)[C@@H]2C[C@@H](O)CN2C(=O)[C@@H](NC(=O)CCC(=O)NCCOCCN2C[C@@H]3CN(CC(=O)NCc4cccc(CNc5cc(N6CCC7(CC6)CN(c6cc(F)c(CN8CCC(C)(C)CC8)cc6F)CC(=O)N7)ncn5)c4)C[C@@H]3C2)C(C)(C)C)cc1. The van der Waals surface area contributed by atoms with Crippen molar-refractivity contribution >= 4 is 64.1 Å². The van der Waals surface area contributed by atoms with Crippen molar-refractivity contribution in [2.75, 3.05) is 120 Å². The monoisotopic (exact) mass is 1380 g/mol. The molecule has 6 saturated heterocycles. The highest BCUT2D eigenvalue weighted by molar-refractivity contribution is 7.13. The Kier molecular flexibility index (Phi) is 23.3. The van der Waals surface area contributed by atoms with Crippen molar-refractivity contribution in [2.24, 2.45) is 22.7 Å². The number of aliphatic hydroxyl groups excluding tert-OH is 1. The van der Waals surface area contributed by atoms with Gasteiger partial charge in [-0.2, -0.15) is 0 Å². The number of rotatable bonds is 26. The fourth-order valence-electron chi connectivity index (χ4n) is 14.8. The van der Waals surface area contributed by atoms with E-state index in [1.165, 1.54) is 23.4 Å². The van der Waals surface area contributed by atoms with Crippen molar-refractivity contribution in [3.63, 3.8) is 0 Å². The molecule has 0 saturated carbocycles. The van der Waals surface area contributed by atoms with Crippen LogP contribution in [0.4, 0.5) is 26.1 Å². The number of aliphatic hydroxyl groups is 1. The standard InChI is InChI=1S/C73H99F2N15O8S/c1-47(51-11-13-52(14-12-51)67-48(2)81-46-99-67)82-69(96)60-31-56(91)41-90(60)70(97)68(71(3,4)5)83-64(93)16-15-63(92)76-21-27-98-28-26-86-37-54-39-87(40-55(54)38-86)42-65(94)78-35-50-10-8-9-49(29-50)34-77-61-33-62(80-45-79-61)88-24-19-73(20-25-88)44-89(43-66(95)84-73)59-32-57(74)53(30-58(59)75)36-85-22-17-72(6,7)18-23-85/h8-14,29-30,32-33,45-47,54-56,60,68,91H,15-28,31,34-44H2,1-7H3,(H,76,92)(H,78,94)(H,82,96)(H,83,93)(H,84,95)(H,77,79,80)/t47-,54-,55+,56+,60-,68+/m0/s1. The topological polar surface area (TPSA) is 262 Å². The predicted molar refractivity (Wildman–Crippen MR) is 376 cm³/mol. The normalized spacial score (nSPS) is 21.6. The number of benzene rings is 3. The average molecular weight is 1380 g/mol. The lowest BCUT2D eigenvalue weighted by Crippen LogP contribution is -2.66. The molecule has 0 radical (unpaired) electrons. The van der Waals surface area contributed by atoms with E-state index in [0.29, 0.717) is 95.1 Å². The summed E-state index contributed by atoms with van der Waals surface area (Å²) in [4.78, 5) is 107. The molecule has 0 unspecified atom stereocenters. The van der Waals surface area contributed by atoms with Crippen molar-refractivity contribution in [1.82, 2.24) is 61.1 Å². The highest BCUT2D eigenvalue weighted by Crippen LogP contribution is 2.37. The van der Waals surface area contributed by atoms with Gasteiger partial charge in [0.05, 0.1) is 65.8 Å². The Morgan fingerprint density at radius 3 is 2.19 bits per heavy atom. The summed E-state index contributed by atoms with van der Waals surface area (Å²) in [6, 6.07) is 18.1. The van der Waals surface area contributed by atoms with Gasteiger partial charge in [-0.25, -0.2) is 23.7 Å². The van der Waals surface area contributed by atoms with Crippen LogP contribution < -0.4 is 41.7 Å². The molecule has 8 heterocycles. The van der Waals surface area contributed by atoms with Crippen LogP contribution in [0.25, 0.3) is 10.4 Å². The fraction of sp³-hybridized carbons (Fsp3) is 0.575. The molecule has 6 fully saturated rings. The molecule has 0 aliphatic carbocycles. The zero-order valence-electron chi connectivity index (χ0n) is 58.3. The van der Waals surface area contributed by atoms with Gasteiger partial charge in [-0.05, 0) is 104 Å². The molecule has 6 aliphatic heterocycles. The van der Waals surface area contributed by atoms with E-state index in [0.717, 1.165) is 97.3 Å². The van der Waals surface area contributed by atoms with Crippen LogP contribution in [0.15, 0.2) is 78.6 Å². The molecule has 3 aromatic carbocycles. The first-order valence-corrected chi connectivity index (χ1v) is 36.0. The summed E-state index contributed by atoms with van der Waals surface area (Å²) < 4.78 is 37.3. The van der Waals surface area contributed by atoms with E-state index in [-0.39, 0.29) is 73.8 Å². The molecule has 2 aromatic heterocycles. The number of piperazine rings is 1. The molecular weight excluding hydrogens is 1280 g/mol. The second-order valence-corrected chi connectivity index (χ2v) is 30.9. The Labute approximate surface area is 584 Å². The first-order chi connectivity index (χ1) is 47.3. The van der Waals surface area contributed by atoms with E-state index < -0.39 is 58.5 Å². The van der Waals surface area contributed by atoms with Crippen LogP contribution in [0.3, 0.4) is 0 Å². The van der Waals surface area contributed by atoms with Crippen LogP contribution >= 0.6 is 11.3 Å². The van der Waals surface area contributed by atoms with E-state index in [9.17, 15) is 33.9 Å². The number of carbonyl (C=O) groups excluding carboxylic acids is 6. The Morgan fingerprint density at radius 2 is 1.48 bits per heavy atom. The number of nitrogens with zero attached hydrogens (tertiary/aromatic N) is 9. The van der Waals surface area contributed by atoms with Crippen molar-refractivity contribution in [3.05, 3.63) is 118 Å². The summed E-state index contributed by atoms with van der Waals surface area (Å²) in [5.41, 5.74) is 6.04. The lowest BCUT2D eigenvalue weighted by molar-refractivity contribution is -0.144. The van der Waals surface area contributed by atoms with E-state index in [4.69, 9.17) is 4.74 Å². The summed E-state index contributed by atoms with van der Waals surface area (Å²) in [5.74, 6) is -0.537. The molecule has 11 rings (SSSR count). The van der Waals surface area contributed by atoms with E-state index in [2.05, 4.69) is 86.4 Å². The number of hydrogen-bond acceptors (Lipinski definition) is 18. The molecule has 99 heavy (non-hydrogen) atoms. The maximum Gasteiger partial charge on any atom is 0.246 e. The molecule has 6 atom stereocenters. The van der Waals surface area contributed by atoms with Crippen LogP contribution in [0, 0.1) is 41.2 Å². The van der Waals surface area contributed by atoms with Crippen LogP contribution in [0.5, 0.6) is 0 Å². The van der Waals surface area contributed by atoms with E-state index in [1.54, 1.807) is 16.2 Å². The number of halogens is 2. The molecular formula is C73H99F2N15O8S. The third-order valence-corrected chi connectivity index (χ3v) is 21.7. The van der Waals surface area contributed by atoms with Crippen LogP contribution in [-0.4, -0.2) is 204 Å². The Bertz CT molecular complexity index is 3650. The largest absolute Gasteiger partial charge is 0.391 e. The quantitative estimate of drug-likeness (QED) is 0.0306. The zero-order chi connectivity index (χ0) is 70.2. The molecule has 26 heteroatoms. The van der Waals surface area contributed by atoms with Gasteiger partial charge in [0.15, 0.2) is 0 Å². The summed E-state index contributed by atoms with van der Waals surface area (Å²) in [7, 11) is 0. The number of piperidine rings is 2. The highest BCUT2D eigenvalue weighted by atomic mass is 32.1.